The van der Waals surface area contributed by atoms with E-state index in [9.17, 15) is 19.5 Å². The average Bonchev–Trinajstić information content (AvgIpc) is 2.13. The standard InChI is InChI=1S/C9H17N3O5/c1-9(16,8(15)17-2)5-12(3-6(10)13)4-7(11)14/h16H,3-5H2,1-2H3,(H2,10,13)(H2,11,14). The van der Waals surface area contributed by atoms with Gasteiger partial charge in [0.15, 0.2) is 5.60 Å². The molecule has 98 valence electrons. The highest BCUT2D eigenvalue weighted by Crippen LogP contribution is 2.08. The van der Waals surface area contributed by atoms with Gasteiger partial charge < -0.3 is 21.3 Å². The number of methoxy groups -OCH3 is 1. The van der Waals surface area contributed by atoms with E-state index >= 15 is 0 Å². The van der Waals surface area contributed by atoms with E-state index < -0.39 is 23.4 Å². The topological polar surface area (TPSA) is 136 Å². The summed E-state index contributed by atoms with van der Waals surface area (Å²) in [5.41, 5.74) is 8.08. The highest BCUT2D eigenvalue weighted by molar-refractivity contribution is 5.81. The van der Waals surface area contributed by atoms with Gasteiger partial charge in [-0.1, -0.05) is 0 Å². The lowest BCUT2D eigenvalue weighted by Gasteiger charge is -2.27. The lowest BCUT2D eigenvalue weighted by atomic mass is 10.1. The predicted molar refractivity (Wildman–Crippen MR) is 57.5 cm³/mol. The molecule has 0 bridgehead atoms. The van der Waals surface area contributed by atoms with Gasteiger partial charge in [-0.3, -0.25) is 14.5 Å². The van der Waals surface area contributed by atoms with E-state index in [0.29, 0.717) is 0 Å². The zero-order chi connectivity index (χ0) is 13.6. The molecule has 0 rings (SSSR count). The number of carbonyl (C=O) groups excluding carboxylic acids is 3. The normalized spacial score (nSPS) is 14.1. The number of esters is 1. The van der Waals surface area contributed by atoms with E-state index in [1.807, 2.05) is 0 Å². The van der Waals surface area contributed by atoms with Crippen molar-refractivity contribution in [3.05, 3.63) is 0 Å². The molecule has 0 aliphatic heterocycles. The van der Waals surface area contributed by atoms with Gasteiger partial charge in [-0.2, -0.15) is 0 Å². The summed E-state index contributed by atoms with van der Waals surface area (Å²) in [4.78, 5) is 33.9. The zero-order valence-electron chi connectivity index (χ0n) is 9.80. The fourth-order valence-electron chi connectivity index (χ4n) is 1.33. The first kappa shape index (κ1) is 15.3. The molecule has 2 amide bonds. The van der Waals surface area contributed by atoms with Crippen LogP contribution in [0.1, 0.15) is 6.92 Å². The molecular formula is C9H17N3O5. The van der Waals surface area contributed by atoms with Gasteiger partial charge in [-0.15, -0.1) is 0 Å². The summed E-state index contributed by atoms with van der Waals surface area (Å²) < 4.78 is 4.38. The van der Waals surface area contributed by atoms with Crippen LogP contribution in [0.2, 0.25) is 0 Å². The van der Waals surface area contributed by atoms with Gasteiger partial charge in [0.25, 0.3) is 0 Å². The minimum Gasteiger partial charge on any atom is -0.467 e. The number of primary amides is 2. The third-order valence-electron chi connectivity index (χ3n) is 1.92. The largest absolute Gasteiger partial charge is 0.467 e. The Morgan fingerprint density at radius 3 is 1.94 bits per heavy atom. The van der Waals surface area contributed by atoms with E-state index in [0.717, 1.165) is 7.11 Å². The molecule has 8 heteroatoms. The molecule has 0 aliphatic carbocycles. The van der Waals surface area contributed by atoms with Crippen molar-refractivity contribution in [2.75, 3.05) is 26.7 Å². The number of nitrogens with two attached hydrogens (primary N) is 2. The maximum Gasteiger partial charge on any atom is 0.338 e. The molecule has 0 radical (unpaired) electrons. The Kier molecular flexibility index (Phi) is 5.56. The maximum absolute atomic E-state index is 11.2. The van der Waals surface area contributed by atoms with E-state index in [1.54, 1.807) is 0 Å². The van der Waals surface area contributed by atoms with E-state index in [2.05, 4.69) is 4.74 Å². The minimum atomic E-state index is -1.85. The van der Waals surface area contributed by atoms with Crippen molar-refractivity contribution in [1.29, 1.82) is 0 Å². The van der Waals surface area contributed by atoms with Gasteiger partial charge in [0, 0.05) is 6.54 Å². The molecule has 0 aromatic heterocycles. The van der Waals surface area contributed by atoms with Crippen LogP contribution in [0.3, 0.4) is 0 Å². The SMILES string of the molecule is COC(=O)C(C)(O)CN(CC(N)=O)CC(N)=O. The number of nitrogens with zero attached hydrogens (tertiary/aromatic N) is 1. The Morgan fingerprint density at radius 1 is 1.24 bits per heavy atom. The number of rotatable bonds is 7. The van der Waals surface area contributed by atoms with Crippen molar-refractivity contribution in [2.45, 2.75) is 12.5 Å². The third kappa shape index (κ3) is 5.83. The van der Waals surface area contributed by atoms with Crippen LogP contribution in [0.15, 0.2) is 0 Å². The Balaban J connectivity index is 4.66. The van der Waals surface area contributed by atoms with Crippen LogP contribution in [-0.4, -0.2) is 60.1 Å². The highest BCUT2D eigenvalue weighted by atomic mass is 16.5. The van der Waals surface area contributed by atoms with Crippen LogP contribution in [0, 0.1) is 0 Å². The van der Waals surface area contributed by atoms with Crippen molar-refractivity contribution in [2.24, 2.45) is 11.5 Å². The van der Waals surface area contributed by atoms with Crippen molar-refractivity contribution >= 4 is 17.8 Å². The third-order valence-corrected chi connectivity index (χ3v) is 1.92. The molecule has 0 saturated carbocycles. The Bertz CT molecular complexity index is 300. The van der Waals surface area contributed by atoms with Crippen LogP contribution in [0.25, 0.3) is 0 Å². The molecular weight excluding hydrogens is 230 g/mol. The first-order chi connectivity index (χ1) is 7.69. The second kappa shape index (κ2) is 6.16. The molecule has 0 aliphatic rings. The van der Waals surface area contributed by atoms with E-state index in [1.165, 1.54) is 11.8 Å². The van der Waals surface area contributed by atoms with Crippen LogP contribution >= 0.6 is 0 Å². The Morgan fingerprint density at radius 2 is 1.65 bits per heavy atom. The summed E-state index contributed by atoms with van der Waals surface area (Å²) in [6.45, 7) is 0.325. The number of ether oxygens (including phenoxy) is 1. The molecule has 0 aromatic carbocycles. The summed E-state index contributed by atoms with van der Waals surface area (Å²) in [6, 6.07) is 0. The Labute approximate surface area is 98.5 Å². The molecule has 0 fully saturated rings. The molecule has 1 unspecified atom stereocenters. The second-order valence-electron chi connectivity index (χ2n) is 3.84. The van der Waals surface area contributed by atoms with E-state index in [4.69, 9.17) is 11.5 Å². The minimum absolute atomic E-state index is 0.286. The second-order valence-corrected chi connectivity index (χ2v) is 3.84. The van der Waals surface area contributed by atoms with Gasteiger partial charge in [-0.25, -0.2) is 4.79 Å². The van der Waals surface area contributed by atoms with Crippen molar-refractivity contribution in [3.63, 3.8) is 0 Å². The van der Waals surface area contributed by atoms with Gasteiger partial charge in [0.2, 0.25) is 11.8 Å². The summed E-state index contributed by atoms with van der Waals surface area (Å²) in [5, 5.41) is 9.76. The smallest absolute Gasteiger partial charge is 0.338 e. The molecule has 5 N–H and O–H groups in total. The summed E-state index contributed by atoms with van der Waals surface area (Å²) >= 11 is 0. The fourth-order valence-corrected chi connectivity index (χ4v) is 1.33. The number of carbonyl (C=O) groups is 3. The fraction of sp³-hybridized carbons (Fsp3) is 0.667. The van der Waals surface area contributed by atoms with Gasteiger partial charge in [0.1, 0.15) is 0 Å². The van der Waals surface area contributed by atoms with E-state index in [-0.39, 0.29) is 19.6 Å². The molecule has 0 heterocycles. The van der Waals surface area contributed by atoms with Crippen LogP contribution < -0.4 is 11.5 Å². The number of aliphatic hydroxyl groups is 1. The lowest BCUT2D eigenvalue weighted by molar-refractivity contribution is -0.162. The summed E-state index contributed by atoms with van der Waals surface area (Å²) in [6.07, 6.45) is 0. The maximum atomic E-state index is 11.2. The van der Waals surface area contributed by atoms with Crippen LogP contribution in [0.4, 0.5) is 0 Å². The van der Waals surface area contributed by atoms with Crippen molar-refractivity contribution in [3.8, 4) is 0 Å². The first-order valence-electron chi connectivity index (χ1n) is 4.79. The monoisotopic (exact) mass is 247 g/mol. The first-order valence-corrected chi connectivity index (χ1v) is 4.79. The molecule has 0 spiro atoms. The van der Waals surface area contributed by atoms with Gasteiger partial charge >= 0.3 is 5.97 Å². The summed E-state index contributed by atoms with van der Waals surface area (Å²) in [7, 11) is 1.11. The predicted octanol–water partition coefficient (Wildman–Crippen LogP) is -2.82. The quantitative estimate of drug-likeness (QED) is 0.415. The lowest BCUT2D eigenvalue weighted by Crippen LogP contribution is -2.51. The molecule has 1 atom stereocenters. The van der Waals surface area contributed by atoms with Crippen molar-refractivity contribution in [1.82, 2.24) is 4.90 Å². The molecule has 0 aromatic rings. The molecule has 0 saturated heterocycles. The highest BCUT2D eigenvalue weighted by Gasteiger charge is 2.34. The van der Waals surface area contributed by atoms with Gasteiger partial charge in [0.05, 0.1) is 20.2 Å². The van der Waals surface area contributed by atoms with Gasteiger partial charge in [-0.05, 0) is 6.92 Å². The van der Waals surface area contributed by atoms with Crippen LogP contribution in [-0.2, 0) is 19.1 Å². The number of hydrogen-bond acceptors (Lipinski definition) is 6. The van der Waals surface area contributed by atoms with Crippen molar-refractivity contribution < 1.29 is 24.2 Å². The Hall–Kier alpha value is -1.67. The average molecular weight is 247 g/mol. The molecule has 17 heavy (non-hydrogen) atoms. The zero-order valence-corrected chi connectivity index (χ0v) is 9.80. The molecule has 8 nitrogen and oxygen atoms in total. The summed E-state index contributed by atoms with van der Waals surface area (Å²) in [5.74, 6) is -2.28. The number of amides is 2. The van der Waals surface area contributed by atoms with Crippen LogP contribution in [0.5, 0.6) is 0 Å². The number of hydrogen-bond donors (Lipinski definition) is 3.